The van der Waals surface area contributed by atoms with E-state index in [1.54, 1.807) is 30.7 Å². The number of allylic oxidation sites excluding steroid dienone is 3. The summed E-state index contributed by atoms with van der Waals surface area (Å²) in [7, 11) is 0.710. The molecule has 3 aliphatic rings. The Kier molecular flexibility index (Phi) is 7.75. The van der Waals surface area contributed by atoms with E-state index in [4.69, 9.17) is 14.2 Å². The molecule has 0 bridgehead atoms. The van der Waals surface area contributed by atoms with E-state index in [-0.39, 0.29) is 22.7 Å². The van der Waals surface area contributed by atoms with Gasteiger partial charge in [-0.1, -0.05) is 13.0 Å². The SMILES string of the molecule is CCC(=O)N1CC[C@H](OC2=C(C3=CN(c4ccc(OC)c(S(=O)(=O)N(C)C)c4)C=CO3)CCC=C2)C1. The first-order valence-corrected chi connectivity index (χ1v) is 13.5. The Labute approximate surface area is 212 Å². The fraction of sp³-hybridized carbons (Fsp3) is 0.423. The number of nitrogens with zero attached hydrogens (tertiary/aromatic N) is 3. The van der Waals surface area contributed by atoms with Crippen LogP contribution in [0.3, 0.4) is 0 Å². The number of anilines is 1. The molecule has 0 saturated carbocycles. The van der Waals surface area contributed by atoms with Crippen LogP contribution in [-0.2, 0) is 24.3 Å². The van der Waals surface area contributed by atoms with Gasteiger partial charge in [-0.3, -0.25) is 4.79 Å². The molecule has 1 amide bonds. The molecule has 1 aromatic carbocycles. The van der Waals surface area contributed by atoms with Crippen LogP contribution in [0, 0.1) is 0 Å². The van der Waals surface area contributed by atoms with E-state index in [1.807, 2.05) is 29.0 Å². The highest BCUT2D eigenvalue weighted by Gasteiger charge is 2.29. The van der Waals surface area contributed by atoms with E-state index in [0.29, 0.717) is 31.0 Å². The number of hydrogen-bond donors (Lipinski definition) is 0. The first-order chi connectivity index (χ1) is 17.2. The summed E-state index contributed by atoms with van der Waals surface area (Å²) in [6.45, 7) is 3.15. The fourth-order valence-electron chi connectivity index (χ4n) is 4.35. The molecular formula is C26H33N3O6S. The highest BCUT2D eigenvalue weighted by Crippen LogP contribution is 2.35. The van der Waals surface area contributed by atoms with Gasteiger partial charge in [-0.25, -0.2) is 12.7 Å². The third-order valence-corrected chi connectivity index (χ3v) is 8.23. The van der Waals surface area contributed by atoms with E-state index >= 15 is 0 Å². The number of carbonyl (C=O) groups excluding carboxylic acids is 1. The molecule has 1 atom stereocenters. The van der Waals surface area contributed by atoms with Crippen LogP contribution in [0.2, 0.25) is 0 Å². The fourth-order valence-corrected chi connectivity index (χ4v) is 5.42. The van der Waals surface area contributed by atoms with Crippen LogP contribution < -0.4 is 9.64 Å². The number of likely N-dealkylation sites (tertiary alicyclic amines) is 1. The lowest BCUT2D eigenvalue weighted by Gasteiger charge is -2.26. The van der Waals surface area contributed by atoms with Crippen molar-refractivity contribution < 1.29 is 27.4 Å². The summed E-state index contributed by atoms with van der Waals surface area (Å²) < 4.78 is 44.4. The van der Waals surface area contributed by atoms with Gasteiger partial charge in [-0.05, 0) is 37.1 Å². The Bertz CT molecular complexity index is 1230. The quantitative estimate of drug-likeness (QED) is 0.521. The third kappa shape index (κ3) is 5.29. The zero-order valence-corrected chi connectivity index (χ0v) is 22.0. The van der Waals surface area contributed by atoms with Crippen molar-refractivity contribution in [2.24, 2.45) is 0 Å². The maximum absolute atomic E-state index is 12.9. The van der Waals surface area contributed by atoms with Crippen molar-refractivity contribution in [3.05, 3.63) is 66.1 Å². The number of hydrogen-bond acceptors (Lipinski definition) is 7. The summed E-state index contributed by atoms with van der Waals surface area (Å²) >= 11 is 0. The molecular weight excluding hydrogens is 482 g/mol. The molecule has 1 saturated heterocycles. The van der Waals surface area contributed by atoms with Crippen LogP contribution in [0.5, 0.6) is 5.75 Å². The zero-order chi connectivity index (χ0) is 25.9. The Hall–Kier alpha value is -3.24. The van der Waals surface area contributed by atoms with Crippen molar-refractivity contribution in [3.8, 4) is 5.75 Å². The minimum atomic E-state index is -3.71. The lowest BCUT2D eigenvalue weighted by Crippen LogP contribution is -2.29. The topological polar surface area (TPSA) is 88.6 Å². The molecule has 2 heterocycles. The highest BCUT2D eigenvalue weighted by atomic mass is 32.2. The summed E-state index contributed by atoms with van der Waals surface area (Å²) in [5.41, 5.74) is 1.58. The molecule has 0 radical (unpaired) electrons. The summed E-state index contributed by atoms with van der Waals surface area (Å²) in [5.74, 6) is 1.79. The average Bonchev–Trinajstić information content (AvgIpc) is 3.36. The van der Waals surface area contributed by atoms with Crippen LogP contribution in [0.25, 0.3) is 0 Å². The van der Waals surface area contributed by atoms with Crippen molar-refractivity contribution in [1.82, 2.24) is 9.21 Å². The Morgan fingerprint density at radius 1 is 1.28 bits per heavy atom. The van der Waals surface area contributed by atoms with E-state index in [9.17, 15) is 13.2 Å². The Morgan fingerprint density at radius 3 is 2.81 bits per heavy atom. The van der Waals surface area contributed by atoms with Gasteiger partial charge in [0.15, 0.2) is 0 Å². The van der Waals surface area contributed by atoms with Gasteiger partial charge in [-0.2, -0.15) is 0 Å². The number of carbonyl (C=O) groups is 1. The van der Waals surface area contributed by atoms with Crippen LogP contribution in [0.4, 0.5) is 5.69 Å². The maximum atomic E-state index is 12.9. The number of sulfonamides is 1. The highest BCUT2D eigenvalue weighted by molar-refractivity contribution is 7.89. The Morgan fingerprint density at radius 2 is 2.08 bits per heavy atom. The van der Waals surface area contributed by atoms with Crippen molar-refractivity contribution >= 4 is 21.6 Å². The van der Waals surface area contributed by atoms with Gasteiger partial charge in [-0.15, -0.1) is 0 Å². The van der Waals surface area contributed by atoms with E-state index in [2.05, 4.69) is 6.08 Å². The van der Waals surface area contributed by atoms with Gasteiger partial charge < -0.3 is 24.0 Å². The number of benzene rings is 1. The number of methoxy groups -OCH3 is 1. The van der Waals surface area contributed by atoms with Gasteiger partial charge >= 0.3 is 0 Å². The second kappa shape index (κ2) is 10.8. The summed E-state index contributed by atoms with van der Waals surface area (Å²) in [5, 5.41) is 0. The van der Waals surface area contributed by atoms with E-state index < -0.39 is 10.0 Å². The van der Waals surface area contributed by atoms with Crippen LogP contribution in [-0.4, -0.2) is 63.9 Å². The lowest BCUT2D eigenvalue weighted by molar-refractivity contribution is -0.130. The maximum Gasteiger partial charge on any atom is 0.246 e. The van der Waals surface area contributed by atoms with Crippen molar-refractivity contribution in [1.29, 1.82) is 0 Å². The van der Waals surface area contributed by atoms with E-state index in [0.717, 1.165) is 34.9 Å². The molecule has 2 aliphatic heterocycles. The molecule has 10 heteroatoms. The predicted octanol–water partition coefficient (Wildman–Crippen LogP) is 3.73. The van der Waals surface area contributed by atoms with Crippen LogP contribution >= 0.6 is 0 Å². The van der Waals surface area contributed by atoms with Crippen molar-refractivity contribution in [2.75, 3.05) is 39.2 Å². The molecule has 0 spiro atoms. The van der Waals surface area contributed by atoms with E-state index in [1.165, 1.54) is 21.2 Å². The molecule has 1 aromatic rings. The monoisotopic (exact) mass is 515 g/mol. The van der Waals surface area contributed by atoms with Crippen LogP contribution in [0.15, 0.2) is 71.0 Å². The molecule has 0 unspecified atom stereocenters. The smallest absolute Gasteiger partial charge is 0.246 e. The van der Waals surface area contributed by atoms with Gasteiger partial charge in [0.05, 0.1) is 19.9 Å². The average molecular weight is 516 g/mol. The second-order valence-corrected chi connectivity index (χ2v) is 11.1. The molecule has 0 aromatic heterocycles. The molecule has 9 nitrogen and oxygen atoms in total. The first-order valence-electron chi connectivity index (χ1n) is 12.0. The number of ether oxygens (including phenoxy) is 3. The van der Waals surface area contributed by atoms with Crippen molar-refractivity contribution in [3.63, 3.8) is 0 Å². The summed E-state index contributed by atoms with van der Waals surface area (Å²) in [6.07, 6.45) is 12.0. The number of rotatable bonds is 8. The molecule has 194 valence electrons. The molecule has 36 heavy (non-hydrogen) atoms. The molecule has 4 rings (SSSR count). The number of amides is 1. The van der Waals surface area contributed by atoms with Crippen molar-refractivity contribution in [2.45, 2.75) is 43.6 Å². The van der Waals surface area contributed by atoms with Gasteiger partial charge in [0.25, 0.3) is 0 Å². The minimum absolute atomic E-state index is 0.0653. The second-order valence-electron chi connectivity index (χ2n) is 8.93. The minimum Gasteiger partial charge on any atom is -0.495 e. The first kappa shape index (κ1) is 25.8. The lowest BCUT2D eigenvalue weighted by atomic mass is 10.0. The normalized spacial score (nSPS) is 20.0. The van der Waals surface area contributed by atoms with Gasteiger partial charge in [0.2, 0.25) is 15.9 Å². The molecule has 0 N–H and O–H groups in total. The third-order valence-electron chi connectivity index (χ3n) is 6.40. The molecule has 1 fully saturated rings. The Balaban J connectivity index is 1.61. The zero-order valence-electron chi connectivity index (χ0n) is 21.1. The molecule has 1 aliphatic carbocycles. The van der Waals surface area contributed by atoms with Gasteiger partial charge in [0, 0.05) is 50.9 Å². The summed E-state index contributed by atoms with van der Waals surface area (Å²) in [4.78, 5) is 15.8. The largest absolute Gasteiger partial charge is 0.495 e. The predicted molar refractivity (Wildman–Crippen MR) is 136 cm³/mol. The summed E-state index contributed by atoms with van der Waals surface area (Å²) in [6, 6.07) is 5.02. The van der Waals surface area contributed by atoms with Gasteiger partial charge in [0.1, 0.15) is 34.5 Å². The standard InChI is InChI=1S/C26H33N3O6S/c1-5-26(30)29-13-12-20(17-29)35-22-9-7-6-8-21(22)24-18-28(14-15-34-24)19-10-11-23(33-4)25(16-19)36(31,32)27(2)3/h7,9-11,14-16,18,20H,5-6,8,12-13,17H2,1-4H3/t20-/m0/s1. The van der Waals surface area contributed by atoms with Crippen LogP contribution in [0.1, 0.15) is 32.6 Å².